The van der Waals surface area contributed by atoms with Crippen molar-refractivity contribution in [2.75, 3.05) is 26.3 Å². The Bertz CT molecular complexity index is 790. The third-order valence-electron chi connectivity index (χ3n) is 4.86. The van der Waals surface area contributed by atoms with Crippen LogP contribution < -0.4 is 0 Å². The van der Waals surface area contributed by atoms with E-state index in [2.05, 4.69) is 4.31 Å². The van der Waals surface area contributed by atoms with Crippen LogP contribution in [0.25, 0.3) is 0 Å². The molecule has 0 aliphatic carbocycles. The quantitative estimate of drug-likeness (QED) is 0.472. The number of nitrogens with zero attached hydrogens (tertiary/aromatic N) is 2. The lowest BCUT2D eigenvalue weighted by atomic mass is 10.1. The molecule has 0 radical (unpaired) electrons. The summed E-state index contributed by atoms with van der Waals surface area (Å²) in [6, 6.07) is 18.7. The minimum absolute atomic E-state index is 0.296. The van der Waals surface area contributed by atoms with Gasteiger partial charge in [-0.15, -0.1) is 0 Å². The number of carbonyl (C=O) groups excluding carboxylic acids is 2. The van der Waals surface area contributed by atoms with E-state index in [1.54, 1.807) is 25.8 Å². The third kappa shape index (κ3) is 5.84. The molecular formula is C23H28N2O4S. The number of carbonyl (C=O) groups is 2. The fraction of sp³-hybridized carbons (Fsp3) is 0.391. The van der Waals surface area contributed by atoms with Crippen molar-refractivity contribution in [1.29, 1.82) is 0 Å². The van der Waals surface area contributed by atoms with Crippen LogP contribution in [0.15, 0.2) is 65.6 Å². The fourth-order valence-electron chi connectivity index (χ4n) is 3.50. The van der Waals surface area contributed by atoms with E-state index in [0.29, 0.717) is 32.8 Å². The molecule has 1 aliphatic heterocycles. The van der Waals surface area contributed by atoms with Gasteiger partial charge in [-0.05, 0) is 43.5 Å². The van der Waals surface area contributed by atoms with E-state index in [0.717, 1.165) is 10.5 Å². The van der Waals surface area contributed by atoms with Crippen molar-refractivity contribution < 1.29 is 19.1 Å². The summed E-state index contributed by atoms with van der Waals surface area (Å²) in [5.41, 5.74) is 1.03. The molecule has 0 bridgehead atoms. The second kappa shape index (κ2) is 11.2. The molecule has 3 rings (SSSR count). The van der Waals surface area contributed by atoms with Gasteiger partial charge in [0.2, 0.25) is 0 Å². The van der Waals surface area contributed by atoms with E-state index in [-0.39, 0.29) is 11.9 Å². The number of hydrogen-bond donors (Lipinski definition) is 0. The lowest BCUT2D eigenvalue weighted by Crippen LogP contribution is -2.62. The Kier molecular flexibility index (Phi) is 8.30. The monoisotopic (exact) mass is 428 g/mol. The van der Waals surface area contributed by atoms with Crippen LogP contribution in [-0.2, 0) is 25.6 Å². The number of esters is 2. The van der Waals surface area contributed by atoms with Gasteiger partial charge in [-0.1, -0.05) is 48.5 Å². The van der Waals surface area contributed by atoms with Crippen molar-refractivity contribution in [2.45, 2.75) is 37.4 Å². The second-order valence-electron chi connectivity index (χ2n) is 6.94. The lowest BCUT2D eigenvalue weighted by Gasteiger charge is -2.43. The van der Waals surface area contributed by atoms with Gasteiger partial charge in [0.15, 0.2) is 0 Å². The Morgan fingerprint density at radius 1 is 0.867 bits per heavy atom. The van der Waals surface area contributed by atoms with Gasteiger partial charge in [0.05, 0.1) is 13.2 Å². The zero-order valence-corrected chi connectivity index (χ0v) is 18.2. The first-order chi connectivity index (χ1) is 14.6. The van der Waals surface area contributed by atoms with Crippen molar-refractivity contribution in [3.8, 4) is 0 Å². The first-order valence-corrected chi connectivity index (χ1v) is 11.0. The predicted octanol–water partition coefficient (Wildman–Crippen LogP) is 3.37. The van der Waals surface area contributed by atoms with E-state index in [1.165, 1.54) is 0 Å². The summed E-state index contributed by atoms with van der Waals surface area (Å²) in [5, 5.41) is 0. The topological polar surface area (TPSA) is 59.1 Å². The van der Waals surface area contributed by atoms with E-state index in [4.69, 9.17) is 9.47 Å². The standard InChI is InChI=1S/C23H28N2O4S/c1-3-28-22(26)20-16-24(30-19-13-9-6-10-14-19)17-21(23(27)29-4-2)25(20)15-18-11-7-5-8-12-18/h5-14,20-21H,3-4,15-17H2,1-2H3/t20-,21?/m0/s1. The molecule has 2 aromatic carbocycles. The molecule has 7 heteroatoms. The van der Waals surface area contributed by atoms with Crippen LogP contribution in [-0.4, -0.2) is 59.5 Å². The van der Waals surface area contributed by atoms with Crippen molar-refractivity contribution in [3.05, 3.63) is 66.2 Å². The van der Waals surface area contributed by atoms with E-state index < -0.39 is 12.1 Å². The minimum Gasteiger partial charge on any atom is -0.465 e. The van der Waals surface area contributed by atoms with Crippen LogP contribution in [0, 0.1) is 0 Å². The molecule has 1 heterocycles. The normalized spacial score (nSPS) is 19.9. The average Bonchev–Trinajstić information content (AvgIpc) is 2.76. The molecule has 1 saturated heterocycles. The zero-order valence-electron chi connectivity index (χ0n) is 17.4. The van der Waals surface area contributed by atoms with E-state index in [9.17, 15) is 9.59 Å². The van der Waals surface area contributed by atoms with Crippen LogP contribution in [0.2, 0.25) is 0 Å². The fourth-order valence-corrected chi connectivity index (χ4v) is 4.51. The molecule has 0 saturated carbocycles. The van der Waals surface area contributed by atoms with Gasteiger partial charge >= 0.3 is 11.9 Å². The maximum atomic E-state index is 12.9. The minimum atomic E-state index is -0.565. The second-order valence-corrected chi connectivity index (χ2v) is 8.12. The van der Waals surface area contributed by atoms with E-state index in [1.807, 2.05) is 65.6 Å². The van der Waals surface area contributed by atoms with Crippen LogP contribution in [0.3, 0.4) is 0 Å². The average molecular weight is 429 g/mol. The van der Waals surface area contributed by atoms with Gasteiger partial charge in [-0.3, -0.25) is 14.5 Å². The molecule has 2 aromatic rings. The Hall–Kier alpha value is -2.35. The molecule has 0 spiro atoms. The highest BCUT2D eigenvalue weighted by Gasteiger charge is 2.43. The van der Waals surface area contributed by atoms with Crippen LogP contribution >= 0.6 is 11.9 Å². The highest BCUT2D eigenvalue weighted by Crippen LogP contribution is 2.30. The maximum absolute atomic E-state index is 12.9. The SMILES string of the molecule is CCOC(=O)C1CN(Sc2ccccc2)C[C@@H](C(=O)OCC)N1Cc1ccccc1. The largest absolute Gasteiger partial charge is 0.465 e. The summed E-state index contributed by atoms with van der Waals surface area (Å²) < 4.78 is 12.8. The van der Waals surface area contributed by atoms with Crippen LogP contribution in [0.4, 0.5) is 0 Å². The summed E-state index contributed by atoms with van der Waals surface area (Å²) in [6.07, 6.45) is 0. The summed E-state index contributed by atoms with van der Waals surface area (Å²) in [6.45, 7) is 5.57. The highest BCUT2D eigenvalue weighted by atomic mass is 32.2. The van der Waals surface area contributed by atoms with Crippen molar-refractivity contribution >= 4 is 23.9 Å². The van der Waals surface area contributed by atoms with Gasteiger partial charge in [0.1, 0.15) is 12.1 Å². The summed E-state index contributed by atoms with van der Waals surface area (Å²) in [7, 11) is 0. The molecule has 1 fully saturated rings. The Morgan fingerprint density at radius 2 is 1.37 bits per heavy atom. The Labute approximate surface area is 182 Å². The van der Waals surface area contributed by atoms with Gasteiger partial charge in [-0.25, -0.2) is 4.31 Å². The number of piperazine rings is 1. The predicted molar refractivity (Wildman–Crippen MR) is 117 cm³/mol. The third-order valence-corrected chi connectivity index (χ3v) is 5.90. The smallest absolute Gasteiger partial charge is 0.324 e. The van der Waals surface area contributed by atoms with Crippen molar-refractivity contribution in [1.82, 2.24) is 9.21 Å². The molecule has 0 N–H and O–H groups in total. The molecular weight excluding hydrogens is 400 g/mol. The van der Waals surface area contributed by atoms with Gasteiger partial charge < -0.3 is 9.47 Å². The molecule has 30 heavy (non-hydrogen) atoms. The summed E-state index contributed by atoms with van der Waals surface area (Å²) in [5.74, 6) is -0.637. The Morgan fingerprint density at radius 3 is 1.87 bits per heavy atom. The number of ether oxygens (including phenoxy) is 2. The molecule has 0 amide bonds. The van der Waals surface area contributed by atoms with Crippen LogP contribution in [0.1, 0.15) is 19.4 Å². The number of hydrogen-bond acceptors (Lipinski definition) is 7. The van der Waals surface area contributed by atoms with Crippen LogP contribution in [0.5, 0.6) is 0 Å². The highest BCUT2D eigenvalue weighted by molar-refractivity contribution is 7.97. The number of rotatable bonds is 8. The summed E-state index contributed by atoms with van der Waals surface area (Å²) in [4.78, 5) is 28.7. The number of benzene rings is 2. The lowest BCUT2D eigenvalue weighted by molar-refractivity contribution is -0.161. The zero-order chi connectivity index (χ0) is 21.3. The Balaban J connectivity index is 1.89. The molecule has 2 atom stereocenters. The van der Waals surface area contributed by atoms with E-state index >= 15 is 0 Å². The van der Waals surface area contributed by atoms with Gasteiger partial charge in [0, 0.05) is 24.5 Å². The first-order valence-electron chi connectivity index (χ1n) is 10.2. The molecule has 6 nitrogen and oxygen atoms in total. The van der Waals surface area contributed by atoms with Gasteiger partial charge in [-0.2, -0.15) is 0 Å². The molecule has 0 aromatic heterocycles. The molecule has 160 valence electrons. The summed E-state index contributed by atoms with van der Waals surface area (Å²) >= 11 is 1.54. The van der Waals surface area contributed by atoms with Gasteiger partial charge in [0.25, 0.3) is 0 Å². The molecule has 1 unspecified atom stereocenters. The maximum Gasteiger partial charge on any atom is 0.324 e. The van der Waals surface area contributed by atoms with Crippen molar-refractivity contribution in [3.63, 3.8) is 0 Å². The molecule has 1 aliphatic rings. The first kappa shape index (κ1) is 22.3. The van der Waals surface area contributed by atoms with Crippen molar-refractivity contribution in [2.24, 2.45) is 0 Å².